The standard InChI is InChI=1S/C13H21N3O2/c1-15-11(6-8-14-15)12-5-3-4-9-16(12)13(17)7-10-18-2/h6,8,12H,3-5,7,9-10H2,1-2H3. The van der Waals surface area contributed by atoms with Gasteiger partial charge in [0.1, 0.15) is 0 Å². The molecule has 2 rings (SSSR count). The van der Waals surface area contributed by atoms with Crippen molar-refractivity contribution in [2.45, 2.75) is 31.7 Å². The summed E-state index contributed by atoms with van der Waals surface area (Å²) in [6.45, 7) is 1.34. The second-order valence-electron chi connectivity index (χ2n) is 4.72. The van der Waals surface area contributed by atoms with Gasteiger partial charge in [-0.3, -0.25) is 9.48 Å². The van der Waals surface area contributed by atoms with E-state index in [0.29, 0.717) is 13.0 Å². The molecule has 0 spiro atoms. The minimum absolute atomic E-state index is 0.176. The van der Waals surface area contributed by atoms with E-state index in [-0.39, 0.29) is 11.9 Å². The van der Waals surface area contributed by atoms with E-state index in [9.17, 15) is 4.79 Å². The number of carbonyl (C=O) groups excluding carboxylic acids is 1. The van der Waals surface area contributed by atoms with Gasteiger partial charge in [-0.05, 0) is 25.3 Å². The quantitative estimate of drug-likeness (QED) is 0.815. The molecule has 1 saturated heterocycles. The number of piperidine rings is 1. The predicted molar refractivity (Wildman–Crippen MR) is 68.0 cm³/mol. The Bertz CT molecular complexity index is 403. The van der Waals surface area contributed by atoms with Gasteiger partial charge >= 0.3 is 0 Å². The molecule has 1 aromatic rings. The highest BCUT2D eigenvalue weighted by molar-refractivity contribution is 5.76. The number of aryl methyl sites for hydroxylation is 1. The summed E-state index contributed by atoms with van der Waals surface area (Å²) < 4.78 is 6.86. The molecule has 0 aliphatic carbocycles. The maximum atomic E-state index is 12.2. The molecular formula is C13H21N3O2. The first-order valence-electron chi connectivity index (χ1n) is 6.50. The van der Waals surface area contributed by atoms with Crippen LogP contribution in [-0.2, 0) is 16.6 Å². The van der Waals surface area contributed by atoms with Gasteiger partial charge in [-0.25, -0.2) is 0 Å². The van der Waals surface area contributed by atoms with Crippen molar-refractivity contribution in [1.29, 1.82) is 0 Å². The first-order chi connectivity index (χ1) is 8.74. The fraction of sp³-hybridized carbons (Fsp3) is 0.692. The summed E-state index contributed by atoms with van der Waals surface area (Å²) in [6, 6.07) is 2.18. The number of aromatic nitrogens is 2. The van der Waals surface area contributed by atoms with Gasteiger partial charge in [0, 0.05) is 26.9 Å². The van der Waals surface area contributed by atoms with E-state index in [0.717, 1.165) is 25.1 Å². The Morgan fingerprint density at radius 1 is 1.56 bits per heavy atom. The normalized spacial score (nSPS) is 20.1. The Balaban J connectivity index is 2.11. The maximum absolute atomic E-state index is 12.2. The van der Waals surface area contributed by atoms with Gasteiger partial charge in [-0.2, -0.15) is 5.10 Å². The molecule has 1 amide bonds. The lowest BCUT2D eigenvalue weighted by Crippen LogP contribution is -2.39. The van der Waals surface area contributed by atoms with Gasteiger partial charge in [0.25, 0.3) is 0 Å². The van der Waals surface area contributed by atoms with E-state index in [1.807, 2.05) is 22.7 Å². The van der Waals surface area contributed by atoms with Crippen molar-refractivity contribution in [2.24, 2.45) is 7.05 Å². The van der Waals surface area contributed by atoms with Gasteiger partial charge < -0.3 is 9.64 Å². The van der Waals surface area contributed by atoms with Crippen LogP contribution in [0.1, 0.15) is 37.4 Å². The lowest BCUT2D eigenvalue weighted by Gasteiger charge is -2.35. The highest BCUT2D eigenvalue weighted by atomic mass is 16.5. The fourth-order valence-corrected chi connectivity index (χ4v) is 2.58. The Morgan fingerprint density at radius 3 is 3.06 bits per heavy atom. The first-order valence-corrected chi connectivity index (χ1v) is 6.50. The molecule has 1 aliphatic rings. The van der Waals surface area contributed by atoms with Crippen molar-refractivity contribution in [2.75, 3.05) is 20.3 Å². The van der Waals surface area contributed by atoms with Crippen LogP contribution in [0.5, 0.6) is 0 Å². The second kappa shape index (κ2) is 6.00. The predicted octanol–water partition coefficient (Wildman–Crippen LogP) is 1.51. The topological polar surface area (TPSA) is 47.4 Å². The number of amides is 1. The van der Waals surface area contributed by atoms with Crippen LogP contribution < -0.4 is 0 Å². The van der Waals surface area contributed by atoms with Gasteiger partial charge in [-0.15, -0.1) is 0 Å². The van der Waals surface area contributed by atoms with Crippen molar-refractivity contribution >= 4 is 5.91 Å². The number of methoxy groups -OCH3 is 1. The van der Waals surface area contributed by atoms with Crippen molar-refractivity contribution in [3.63, 3.8) is 0 Å². The largest absolute Gasteiger partial charge is 0.384 e. The van der Waals surface area contributed by atoms with Crippen LogP contribution in [0.25, 0.3) is 0 Å². The number of carbonyl (C=O) groups is 1. The third-order valence-electron chi connectivity index (χ3n) is 3.54. The Labute approximate surface area is 108 Å². The molecule has 5 heteroatoms. The number of ether oxygens (including phenoxy) is 1. The molecule has 0 bridgehead atoms. The van der Waals surface area contributed by atoms with Crippen LogP contribution in [0.4, 0.5) is 0 Å². The van der Waals surface area contributed by atoms with Gasteiger partial charge in [-0.1, -0.05) is 0 Å². The molecule has 0 radical (unpaired) electrons. The highest BCUT2D eigenvalue weighted by Gasteiger charge is 2.29. The minimum Gasteiger partial charge on any atom is -0.384 e. The van der Waals surface area contributed by atoms with Crippen LogP contribution >= 0.6 is 0 Å². The summed E-state index contributed by atoms with van der Waals surface area (Å²) in [5.41, 5.74) is 1.13. The van der Waals surface area contributed by atoms with Gasteiger partial charge in [0.05, 0.1) is 24.8 Å². The third kappa shape index (κ3) is 2.72. The molecule has 18 heavy (non-hydrogen) atoms. The number of nitrogens with zero attached hydrogens (tertiary/aromatic N) is 3. The molecule has 0 aromatic carbocycles. The SMILES string of the molecule is COCCC(=O)N1CCCCC1c1ccnn1C. The van der Waals surface area contributed by atoms with Crippen LogP contribution in [0.2, 0.25) is 0 Å². The number of likely N-dealkylation sites (tertiary alicyclic amines) is 1. The van der Waals surface area contributed by atoms with Crippen molar-refractivity contribution in [3.05, 3.63) is 18.0 Å². The van der Waals surface area contributed by atoms with E-state index in [4.69, 9.17) is 4.74 Å². The van der Waals surface area contributed by atoms with E-state index < -0.39 is 0 Å². The van der Waals surface area contributed by atoms with E-state index in [1.54, 1.807) is 13.3 Å². The average Bonchev–Trinajstić information content (AvgIpc) is 2.82. The van der Waals surface area contributed by atoms with E-state index in [1.165, 1.54) is 6.42 Å². The van der Waals surface area contributed by atoms with Crippen LogP contribution in [0, 0.1) is 0 Å². The molecule has 100 valence electrons. The Morgan fingerprint density at radius 2 is 2.39 bits per heavy atom. The molecule has 5 nitrogen and oxygen atoms in total. The zero-order valence-electron chi connectivity index (χ0n) is 11.1. The summed E-state index contributed by atoms with van der Waals surface area (Å²) in [6.07, 6.45) is 5.54. The summed E-state index contributed by atoms with van der Waals surface area (Å²) in [5, 5.41) is 4.20. The minimum atomic E-state index is 0.176. The lowest BCUT2D eigenvalue weighted by molar-refractivity contribution is -0.136. The molecule has 1 atom stereocenters. The van der Waals surface area contributed by atoms with Gasteiger partial charge in [0.2, 0.25) is 5.91 Å². The number of hydrogen-bond acceptors (Lipinski definition) is 3. The number of rotatable bonds is 4. The molecule has 0 N–H and O–H groups in total. The third-order valence-corrected chi connectivity index (χ3v) is 3.54. The van der Waals surface area contributed by atoms with Crippen molar-refractivity contribution < 1.29 is 9.53 Å². The zero-order valence-corrected chi connectivity index (χ0v) is 11.1. The zero-order chi connectivity index (χ0) is 13.0. The van der Waals surface area contributed by atoms with Gasteiger partial charge in [0.15, 0.2) is 0 Å². The summed E-state index contributed by atoms with van der Waals surface area (Å²) >= 11 is 0. The van der Waals surface area contributed by atoms with E-state index in [2.05, 4.69) is 5.10 Å². The lowest BCUT2D eigenvalue weighted by atomic mass is 9.99. The summed E-state index contributed by atoms with van der Waals surface area (Å²) in [7, 11) is 3.56. The smallest absolute Gasteiger partial charge is 0.225 e. The van der Waals surface area contributed by atoms with Crippen molar-refractivity contribution in [1.82, 2.24) is 14.7 Å². The second-order valence-corrected chi connectivity index (χ2v) is 4.72. The highest BCUT2D eigenvalue weighted by Crippen LogP contribution is 2.30. The van der Waals surface area contributed by atoms with Crippen LogP contribution in [0.15, 0.2) is 12.3 Å². The molecule has 1 fully saturated rings. The summed E-state index contributed by atoms with van der Waals surface area (Å²) in [4.78, 5) is 14.2. The summed E-state index contributed by atoms with van der Waals surface area (Å²) in [5.74, 6) is 0.183. The fourth-order valence-electron chi connectivity index (χ4n) is 2.58. The molecule has 1 aromatic heterocycles. The molecule has 0 saturated carbocycles. The molecule has 1 aliphatic heterocycles. The average molecular weight is 251 g/mol. The number of hydrogen-bond donors (Lipinski definition) is 0. The maximum Gasteiger partial charge on any atom is 0.225 e. The van der Waals surface area contributed by atoms with E-state index >= 15 is 0 Å². The Hall–Kier alpha value is -1.36. The Kier molecular flexibility index (Phi) is 4.36. The van der Waals surface area contributed by atoms with Crippen LogP contribution in [-0.4, -0.2) is 40.8 Å². The molecule has 1 unspecified atom stereocenters. The van der Waals surface area contributed by atoms with Crippen LogP contribution in [0.3, 0.4) is 0 Å². The molecule has 2 heterocycles. The molecular weight excluding hydrogens is 230 g/mol. The monoisotopic (exact) mass is 251 g/mol. The van der Waals surface area contributed by atoms with Crippen molar-refractivity contribution in [3.8, 4) is 0 Å². The first kappa shape index (κ1) is 13.1.